The largest absolute Gasteiger partial charge is 0.472 e. The van der Waals surface area contributed by atoms with Crippen molar-refractivity contribution in [2.75, 3.05) is 0 Å². The lowest BCUT2D eigenvalue weighted by Gasteiger charge is -2.21. The third kappa shape index (κ3) is 21.2. The van der Waals surface area contributed by atoms with Crippen molar-refractivity contribution in [1.82, 2.24) is 0 Å². The van der Waals surface area contributed by atoms with Gasteiger partial charge >= 0.3 is 0 Å². The van der Waals surface area contributed by atoms with Crippen LogP contribution < -0.4 is 0 Å². The van der Waals surface area contributed by atoms with E-state index in [1.54, 1.807) is 79.5 Å². The molecule has 0 unspecified atom stereocenters. The molecule has 0 radical (unpaired) electrons. The van der Waals surface area contributed by atoms with E-state index in [-0.39, 0.29) is 131 Å². The standard InChI is InChI=1S/C18H14ClFO2.C18H14F2O2.C18H15FO2.2C16H13ClO3/c19-14-6-11(12-8-15(21)10-16(22)9-12)5-13(7-14)17-3-1-2-4-18(17)20;19-15-5-13(6-16(20)9-15)11-2-1-3-12(4-11)14-7-17(21)10-18(22)8-14;19-16-6-4-12(5-7-16)13-2-1-3-14(8-13)15-9-17(20)11-18(21)10-15;17-14-4-11(10-1-2-20-9-10)3-12(5-14)13-6-15(18)8-16(19)7-13;17-13-5-10(11-7-14(18)9-15(19)8-11)4-12(6-13)16-2-1-3-20-16/h1-7,12H,8-10H2;1-6,9,14H,7-8,10H2;1-8,15H,9-11H2;1-5,9,13H,6-8H2;1-6,11H,7-9H2. The lowest BCUT2D eigenvalue weighted by molar-refractivity contribution is -0.131. The molecule has 15 rings (SSSR count). The van der Waals surface area contributed by atoms with Gasteiger partial charge in [0.25, 0.3) is 0 Å². The summed E-state index contributed by atoms with van der Waals surface area (Å²) in [5.41, 5.74) is 11.4. The lowest BCUT2D eigenvalue weighted by atomic mass is 9.82. The van der Waals surface area contributed by atoms with Crippen LogP contribution in [0.25, 0.3) is 55.8 Å². The van der Waals surface area contributed by atoms with Crippen LogP contribution >= 0.6 is 34.8 Å². The lowest BCUT2D eigenvalue weighted by Crippen LogP contribution is -2.21. The number of rotatable bonds is 10. The molecule has 0 saturated heterocycles. The minimum absolute atomic E-state index is 0.00535. The second kappa shape index (κ2) is 34.9. The number of hydrogen-bond donors (Lipinski definition) is 0. The maximum atomic E-state index is 14.0. The quantitative estimate of drug-likeness (QED) is 0.0929. The van der Waals surface area contributed by atoms with Gasteiger partial charge in [0.05, 0.1) is 50.9 Å². The highest BCUT2D eigenvalue weighted by atomic mass is 35.5. The number of furan rings is 2. The van der Waals surface area contributed by atoms with Gasteiger partial charge < -0.3 is 8.83 Å². The van der Waals surface area contributed by atoms with Gasteiger partial charge in [-0.25, -0.2) is 17.6 Å². The fraction of sp³-hybridized carbons (Fsp3) is 0.233. The molecular formula is C86H69Cl3F4O12. The summed E-state index contributed by atoms with van der Waals surface area (Å²) in [4.78, 5) is 116. The fourth-order valence-electron chi connectivity index (χ4n) is 14.0. The molecule has 0 bridgehead atoms. The van der Waals surface area contributed by atoms with Crippen LogP contribution in [0.2, 0.25) is 15.1 Å². The van der Waals surface area contributed by atoms with Gasteiger partial charge in [-0.05, 0) is 182 Å². The number of ketones is 10. The monoisotopic (exact) mass is 1470 g/mol. The molecule has 105 heavy (non-hydrogen) atoms. The molecule has 0 N–H and O–H groups in total. The van der Waals surface area contributed by atoms with E-state index in [1.807, 2.05) is 91.0 Å². The first-order valence-corrected chi connectivity index (χ1v) is 35.3. The highest BCUT2D eigenvalue weighted by Gasteiger charge is 2.32. The van der Waals surface area contributed by atoms with Gasteiger partial charge in [-0.1, -0.05) is 126 Å². The highest BCUT2D eigenvalue weighted by Crippen LogP contribution is 2.40. The van der Waals surface area contributed by atoms with Crippen molar-refractivity contribution < 1.29 is 74.3 Å². The Hall–Kier alpha value is -10.4. The normalized spacial score (nSPS) is 16.3. The van der Waals surface area contributed by atoms with E-state index < -0.39 is 11.6 Å². The van der Waals surface area contributed by atoms with E-state index in [0.29, 0.717) is 102 Å². The predicted molar refractivity (Wildman–Crippen MR) is 392 cm³/mol. The van der Waals surface area contributed by atoms with Crippen molar-refractivity contribution >= 4 is 92.6 Å². The summed E-state index contributed by atoms with van der Waals surface area (Å²) in [6, 6.07) is 53.1. The number of carbonyl (C=O) groups excluding carboxylic acids is 10. The molecule has 2 heterocycles. The van der Waals surface area contributed by atoms with Crippen molar-refractivity contribution in [1.29, 1.82) is 0 Å². The van der Waals surface area contributed by atoms with E-state index in [4.69, 9.17) is 43.6 Å². The molecular weight excluding hydrogens is 1410 g/mol. The Kier molecular flexibility index (Phi) is 25.2. The van der Waals surface area contributed by atoms with Crippen LogP contribution in [-0.4, -0.2) is 57.8 Å². The van der Waals surface area contributed by atoms with Crippen molar-refractivity contribution in [3.05, 3.63) is 273 Å². The molecule has 10 aromatic rings. The van der Waals surface area contributed by atoms with E-state index in [9.17, 15) is 65.5 Å². The molecule has 0 atom stereocenters. The Balaban J connectivity index is 0.000000131. The Labute approximate surface area is 618 Å². The van der Waals surface area contributed by atoms with Gasteiger partial charge in [0.2, 0.25) is 0 Å². The minimum Gasteiger partial charge on any atom is -0.472 e. The number of halogens is 7. The molecule has 8 aromatic carbocycles. The van der Waals surface area contributed by atoms with Crippen LogP contribution in [0.4, 0.5) is 17.6 Å². The summed E-state index contributed by atoms with van der Waals surface area (Å²) in [7, 11) is 0. The zero-order valence-corrected chi connectivity index (χ0v) is 58.9. The van der Waals surface area contributed by atoms with Gasteiger partial charge in [-0.15, -0.1) is 0 Å². The third-order valence-electron chi connectivity index (χ3n) is 18.8. The first kappa shape index (κ1) is 75.8. The Bertz CT molecular complexity index is 4730. The first-order chi connectivity index (χ1) is 50.4. The van der Waals surface area contributed by atoms with Crippen LogP contribution in [0, 0.1) is 23.3 Å². The maximum absolute atomic E-state index is 14.0. The molecule has 534 valence electrons. The third-order valence-corrected chi connectivity index (χ3v) is 19.5. The number of Topliss-reactive ketones (excluding diaryl/α,β-unsaturated/α-hetero) is 10. The molecule has 2 aromatic heterocycles. The summed E-state index contributed by atoms with van der Waals surface area (Å²) < 4.78 is 64.1. The number of benzene rings is 8. The molecule has 5 aliphatic rings. The SMILES string of the molecule is O=C1CC(=O)CC(c2cc(Cl)cc(-c3ccccc3F)c2)C1.O=C1CC(=O)CC(c2cc(Cl)cc(-c3ccco3)c2)C1.O=C1CC(=O)CC(c2cc(Cl)cc(-c3ccoc3)c2)C1.O=C1CC(=O)CC(c2cccc(-c3cc(F)cc(F)c3)c2)C1.O=C1CC(=O)CC(c2cccc(-c3ccc(F)cc3)c2)C1. The van der Waals surface area contributed by atoms with Crippen LogP contribution in [0.5, 0.6) is 0 Å². The van der Waals surface area contributed by atoms with Crippen molar-refractivity contribution in [3.63, 3.8) is 0 Å². The summed E-state index contributed by atoms with van der Waals surface area (Å²) in [6.07, 6.45) is 8.97. The van der Waals surface area contributed by atoms with E-state index in [2.05, 4.69) is 0 Å². The Morgan fingerprint density at radius 2 is 0.648 bits per heavy atom. The molecule has 5 saturated carbocycles. The van der Waals surface area contributed by atoms with E-state index in [1.165, 1.54) is 30.3 Å². The summed E-state index contributed by atoms with van der Waals surface area (Å²) >= 11 is 18.5. The van der Waals surface area contributed by atoms with Crippen LogP contribution in [0.3, 0.4) is 0 Å². The van der Waals surface area contributed by atoms with Crippen LogP contribution in [-0.2, 0) is 47.9 Å². The van der Waals surface area contributed by atoms with E-state index >= 15 is 0 Å². The number of carbonyl (C=O) groups is 10. The second-order valence-corrected chi connectivity index (χ2v) is 28.3. The van der Waals surface area contributed by atoms with Gasteiger partial charge in [0.1, 0.15) is 86.9 Å². The fourth-order valence-corrected chi connectivity index (χ4v) is 14.7. The topological polar surface area (TPSA) is 197 Å². The second-order valence-electron chi connectivity index (χ2n) is 27.0. The molecule has 5 fully saturated rings. The van der Waals surface area contributed by atoms with Crippen molar-refractivity contribution in [2.24, 2.45) is 0 Å². The maximum Gasteiger partial charge on any atom is 0.140 e. The molecule has 0 spiro atoms. The van der Waals surface area contributed by atoms with Gasteiger partial charge in [-0.3, -0.25) is 47.9 Å². The van der Waals surface area contributed by atoms with Crippen molar-refractivity contribution in [2.45, 2.75) is 126 Å². The van der Waals surface area contributed by atoms with Gasteiger partial charge in [0, 0.05) is 102 Å². The minimum atomic E-state index is -0.636. The van der Waals surface area contributed by atoms with Gasteiger partial charge in [-0.2, -0.15) is 0 Å². The Morgan fingerprint density at radius 1 is 0.276 bits per heavy atom. The average molecular weight is 1480 g/mol. The predicted octanol–water partition coefficient (Wildman–Crippen LogP) is 20.5. The number of hydrogen-bond acceptors (Lipinski definition) is 12. The average Bonchev–Trinajstić information content (AvgIpc) is 1.32. The molecule has 0 aliphatic heterocycles. The summed E-state index contributed by atoms with van der Waals surface area (Å²) in [6.45, 7) is 0. The highest BCUT2D eigenvalue weighted by molar-refractivity contribution is 6.31. The zero-order valence-electron chi connectivity index (χ0n) is 56.7. The molecule has 12 nitrogen and oxygen atoms in total. The molecule has 0 amide bonds. The summed E-state index contributed by atoms with van der Waals surface area (Å²) in [5, 5.41) is 1.66. The van der Waals surface area contributed by atoms with E-state index in [0.717, 1.165) is 67.5 Å². The van der Waals surface area contributed by atoms with Crippen LogP contribution in [0.1, 0.15) is 154 Å². The first-order valence-electron chi connectivity index (χ1n) is 34.2. The molecule has 19 heteroatoms. The summed E-state index contributed by atoms with van der Waals surface area (Å²) in [5.74, 6) is -1.75. The molecule has 5 aliphatic carbocycles. The smallest absolute Gasteiger partial charge is 0.140 e. The van der Waals surface area contributed by atoms with Crippen molar-refractivity contribution in [3.8, 4) is 55.8 Å². The Morgan fingerprint density at radius 3 is 1.06 bits per heavy atom. The van der Waals surface area contributed by atoms with Gasteiger partial charge in [0.15, 0.2) is 0 Å². The van der Waals surface area contributed by atoms with Crippen LogP contribution in [0.15, 0.2) is 216 Å². The zero-order chi connectivity index (χ0) is 74.4.